The van der Waals surface area contributed by atoms with Crippen LogP contribution in [0.1, 0.15) is 6.42 Å². The standard InChI is InChI=1S/C11H10BrF2NO2/c12-8-3-1-2-4-9(8)15-6-7-5-11(13,14)10(16)17-7/h1-4,7,15H,5-6H2. The highest BCUT2D eigenvalue weighted by Gasteiger charge is 2.50. The van der Waals surface area contributed by atoms with Crippen molar-refractivity contribution >= 4 is 27.6 Å². The van der Waals surface area contributed by atoms with Crippen LogP contribution in [0.4, 0.5) is 14.5 Å². The van der Waals surface area contributed by atoms with E-state index in [1.165, 1.54) is 0 Å². The van der Waals surface area contributed by atoms with Crippen molar-refractivity contribution in [1.29, 1.82) is 0 Å². The van der Waals surface area contributed by atoms with Crippen LogP contribution in [-0.4, -0.2) is 24.5 Å². The van der Waals surface area contributed by atoms with E-state index in [4.69, 9.17) is 0 Å². The molecule has 0 radical (unpaired) electrons. The number of para-hydroxylation sites is 1. The molecule has 17 heavy (non-hydrogen) atoms. The molecular weight excluding hydrogens is 296 g/mol. The molecule has 0 bridgehead atoms. The number of hydrogen-bond acceptors (Lipinski definition) is 3. The summed E-state index contributed by atoms with van der Waals surface area (Å²) in [4.78, 5) is 10.8. The molecule has 0 aliphatic carbocycles. The van der Waals surface area contributed by atoms with Gasteiger partial charge in [0.25, 0.3) is 0 Å². The van der Waals surface area contributed by atoms with Gasteiger partial charge in [-0.05, 0) is 28.1 Å². The number of halogens is 3. The molecule has 2 rings (SSSR count). The van der Waals surface area contributed by atoms with Gasteiger partial charge >= 0.3 is 11.9 Å². The molecule has 1 aliphatic rings. The second kappa shape index (κ2) is 4.60. The van der Waals surface area contributed by atoms with E-state index >= 15 is 0 Å². The minimum atomic E-state index is -3.35. The monoisotopic (exact) mass is 305 g/mol. The Morgan fingerprint density at radius 2 is 2.18 bits per heavy atom. The van der Waals surface area contributed by atoms with Crippen molar-refractivity contribution in [2.45, 2.75) is 18.4 Å². The molecule has 0 spiro atoms. The summed E-state index contributed by atoms with van der Waals surface area (Å²) in [5, 5.41) is 2.96. The zero-order chi connectivity index (χ0) is 12.5. The lowest BCUT2D eigenvalue weighted by Gasteiger charge is -2.12. The lowest BCUT2D eigenvalue weighted by atomic mass is 10.2. The first-order valence-corrected chi connectivity index (χ1v) is 5.85. The van der Waals surface area contributed by atoms with E-state index in [0.717, 1.165) is 10.2 Å². The molecule has 0 saturated carbocycles. The minimum Gasteiger partial charge on any atom is -0.456 e. The van der Waals surface area contributed by atoms with Crippen LogP contribution < -0.4 is 5.32 Å². The zero-order valence-electron chi connectivity index (χ0n) is 8.75. The molecule has 1 fully saturated rings. The van der Waals surface area contributed by atoms with E-state index < -0.39 is 24.4 Å². The number of rotatable bonds is 3. The van der Waals surface area contributed by atoms with Crippen LogP contribution in [0, 0.1) is 0 Å². The SMILES string of the molecule is O=C1OC(CNc2ccccc2Br)CC1(F)F. The van der Waals surface area contributed by atoms with Gasteiger partial charge in [-0.2, -0.15) is 8.78 Å². The summed E-state index contributed by atoms with van der Waals surface area (Å²) < 4.78 is 31.2. The molecule has 1 aromatic rings. The van der Waals surface area contributed by atoms with E-state index in [1.54, 1.807) is 6.07 Å². The molecule has 1 unspecified atom stereocenters. The molecular formula is C11H10BrF2NO2. The summed E-state index contributed by atoms with van der Waals surface area (Å²) in [5.41, 5.74) is 0.777. The fourth-order valence-corrected chi connectivity index (χ4v) is 2.02. The minimum absolute atomic E-state index is 0.171. The molecule has 0 aromatic heterocycles. The van der Waals surface area contributed by atoms with Crippen molar-refractivity contribution in [2.24, 2.45) is 0 Å². The van der Waals surface area contributed by atoms with Crippen LogP contribution >= 0.6 is 15.9 Å². The largest absolute Gasteiger partial charge is 0.456 e. The Bertz CT molecular complexity index is 439. The average Bonchev–Trinajstić information content (AvgIpc) is 2.52. The van der Waals surface area contributed by atoms with Gasteiger partial charge in [0.2, 0.25) is 0 Å². The Hall–Kier alpha value is -1.17. The summed E-state index contributed by atoms with van der Waals surface area (Å²) in [7, 11) is 0. The number of hydrogen-bond donors (Lipinski definition) is 1. The summed E-state index contributed by atoms with van der Waals surface area (Å²) in [6.45, 7) is 0.171. The third-order valence-electron chi connectivity index (χ3n) is 2.45. The third kappa shape index (κ3) is 2.74. The predicted molar refractivity (Wildman–Crippen MR) is 62.1 cm³/mol. The van der Waals surface area contributed by atoms with Crippen molar-refractivity contribution in [3.05, 3.63) is 28.7 Å². The molecule has 1 aromatic carbocycles. The second-order valence-corrected chi connectivity index (χ2v) is 4.65. The Balaban J connectivity index is 1.93. The van der Waals surface area contributed by atoms with Crippen molar-refractivity contribution in [3.8, 4) is 0 Å². The maximum atomic E-state index is 12.9. The highest BCUT2D eigenvalue weighted by atomic mass is 79.9. The van der Waals surface area contributed by atoms with Gasteiger partial charge in [0, 0.05) is 10.2 Å². The van der Waals surface area contributed by atoms with Gasteiger partial charge in [0.1, 0.15) is 6.10 Å². The van der Waals surface area contributed by atoms with E-state index in [2.05, 4.69) is 26.0 Å². The first-order chi connectivity index (χ1) is 7.99. The van der Waals surface area contributed by atoms with Crippen LogP contribution in [0.2, 0.25) is 0 Å². The molecule has 1 heterocycles. The lowest BCUT2D eigenvalue weighted by molar-refractivity contribution is -0.158. The quantitative estimate of drug-likeness (QED) is 0.873. The van der Waals surface area contributed by atoms with Crippen molar-refractivity contribution in [1.82, 2.24) is 0 Å². The number of ether oxygens (including phenoxy) is 1. The first-order valence-electron chi connectivity index (χ1n) is 5.06. The normalized spacial score (nSPS) is 22.3. The second-order valence-electron chi connectivity index (χ2n) is 3.80. The highest BCUT2D eigenvalue weighted by molar-refractivity contribution is 9.10. The Morgan fingerprint density at radius 1 is 1.47 bits per heavy atom. The van der Waals surface area contributed by atoms with Crippen molar-refractivity contribution in [3.63, 3.8) is 0 Å². The number of carbonyl (C=O) groups excluding carboxylic acids is 1. The maximum absolute atomic E-state index is 12.9. The van der Waals surface area contributed by atoms with Gasteiger partial charge in [-0.15, -0.1) is 0 Å². The molecule has 1 aliphatic heterocycles. The molecule has 0 amide bonds. The fourth-order valence-electron chi connectivity index (χ4n) is 1.59. The average molecular weight is 306 g/mol. The number of carbonyl (C=O) groups is 1. The van der Waals surface area contributed by atoms with Gasteiger partial charge in [0.15, 0.2) is 0 Å². The smallest absolute Gasteiger partial charge is 0.377 e. The zero-order valence-corrected chi connectivity index (χ0v) is 10.3. The van der Waals surface area contributed by atoms with Crippen molar-refractivity contribution in [2.75, 3.05) is 11.9 Å². The van der Waals surface area contributed by atoms with Crippen molar-refractivity contribution < 1.29 is 18.3 Å². The van der Waals surface area contributed by atoms with Gasteiger partial charge in [-0.3, -0.25) is 0 Å². The van der Waals surface area contributed by atoms with E-state index in [-0.39, 0.29) is 6.54 Å². The topological polar surface area (TPSA) is 38.3 Å². The predicted octanol–water partition coefficient (Wildman–Crippen LogP) is 2.81. The number of anilines is 1. The summed E-state index contributed by atoms with van der Waals surface area (Å²) in [5.74, 6) is -4.78. The summed E-state index contributed by atoms with van der Waals surface area (Å²) in [6.07, 6.45) is -1.35. The van der Waals surface area contributed by atoms with Crippen LogP contribution in [0.5, 0.6) is 0 Å². The van der Waals surface area contributed by atoms with Crippen LogP contribution in [0.15, 0.2) is 28.7 Å². The third-order valence-corrected chi connectivity index (χ3v) is 3.14. The molecule has 1 atom stereocenters. The highest BCUT2D eigenvalue weighted by Crippen LogP contribution is 2.31. The van der Waals surface area contributed by atoms with Gasteiger partial charge in [-0.1, -0.05) is 12.1 Å². The van der Waals surface area contributed by atoms with E-state index in [9.17, 15) is 13.6 Å². The van der Waals surface area contributed by atoms with E-state index in [0.29, 0.717) is 0 Å². The molecule has 6 heteroatoms. The van der Waals surface area contributed by atoms with Gasteiger partial charge in [-0.25, -0.2) is 4.79 Å². The van der Waals surface area contributed by atoms with Crippen LogP contribution in [0.3, 0.4) is 0 Å². The maximum Gasteiger partial charge on any atom is 0.377 e. The van der Waals surface area contributed by atoms with E-state index in [1.807, 2.05) is 18.2 Å². The Labute approximate surface area is 105 Å². The van der Waals surface area contributed by atoms with Gasteiger partial charge < -0.3 is 10.1 Å². The summed E-state index contributed by atoms with van der Waals surface area (Å²) in [6, 6.07) is 7.30. The Kier molecular flexibility index (Phi) is 3.33. The molecule has 3 nitrogen and oxygen atoms in total. The number of alkyl halides is 2. The number of cyclic esters (lactones) is 1. The fraction of sp³-hybridized carbons (Fsp3) is 0.364. The van der Waals surface area contributed by atoms with Gasteiger partial charge in [0.05, 0.1) is 13.0 Å². The summed E-state index contributed by atoms with van der Waals surface area (Å²) >= 11 is 3.32. The lowest BCUT2D eigenvalue weighted by Crippen LogP contribution is -2.22. The molecule has 92 valence electrons. The molecule has 1 saturated heterocycles. The van der Waals surface area contributed by atoms with Crippen LogP contribution in [0.25, 0.3) is 0 Å². The Morgan fingerprint density at radius 3 is 2.76 bits per heavy atom. The molecule has 1 N–H and O–H groups in total. The first kappa shape index (κ1) is 12.3. The number of nitrogens with one attached hydrogen (secondary N) is 1. The number of esters is 1. The number of benzene rings is 1. The van der Waals surface area contributed by atoms with Crippen LogP contribution in [-0.2, 0) is 9.53 Å².